The molecule has 0 aromatic carbocycles. The van der Waals surface area contributed by atoms with Crippen molar-refractivity contribution in [1.29, 1.82) is 0 Å². The van der Waals surface area contributed by atoms with Crippen LogP contribution in [0.3, 0.4) is 0 Å². The highest BCUT2D eigenvalue weighted by atomic mass is 32.2. The lowest BCUT2D eigenvalue weighted by atomic mass is 9.46. The van der Waals surface area contributed by atoms with E-state index in [4.69, 9.17) is 14.9 Å². The number of hydrogen-bond donors (Lipinski definition) is 1. The number of nitrogens with two attached hydrogens (primary N) is 1. The van der Waals surface area contributed by atoms with Gasteiger partial charge >= 0.3 is 0 Å². The van der Waals surface area contributed by atoms with Crippen molar-refractivity contribution in [3.63, 3.8) is 0 Å². The van der Waals surface area contributed by atoms with Crippen LogP contribution < -0.4 is 5.73 Å². The summed E-state index contributed by atoms with van der Waals surface area (Å²) in [6.45, 7) is 5.97. The first-order valence-corrected chi connectivity index (χ1v) is 13.3. The van der Waals surface area contributed by atoms with E-state index in [-0.39, 0.29) is 11.0 Å². The average Bonchev–Trinajstić information content (AvgIpc) is 3.09. The monoisotopic (exact) mass is 427 g/mol. The zero-order valence-electron chi connectivity index (χ0n) is 18.6. The third-order valence-electron chi connectivity index (χ3n) is 10.1. The number of furan rings is 1. The minimum absolute atomic E-state index is 0.121. The number of rotatable bonds is 5. The van der Waals surface area contributed by atoms with Gasteiger partial charge in [-0.05, 0) is 98.5 Å². The highest BCUT2D eigenvalue weighted by molar-refractivity contribution is 7.99. The fourth-order valence-corrected chi connectivity index (χ4v) is 9.76. The molecular weight excluding hydrogens is 390 g/mol. The molecule has 8 atom stereocenters. The molecule has 1 spiro atoms. The van der Waals surface area contributed by atoms with Crippen LogP contribution in [0.15, 0.2) is 34.7 Å². The van der Waals surface area contributed by atoms with Crippen molar-refractivity contribution >= 4 is 11.8 Å². The Morgan fingerprint density at radius 1 is 1.20 bits per heavy atom. The normalized spacial score (nSPS) is 48.9. The van der Waals surface area contributed by atoms with Crippen molar-refractivity contribution in [2.75, 3.05) is 12.3 Å². The van der Waals surface area contributed by atoms with Gasteiger partial charge in [0.2, 0.25) is 0 Å². The van der Waals surface area contributed by atoms with Crippen LogP contribution in [0.25, 0.3) is 0 Å². The molecule has 2 N–H and O–H groups in total. The van der Waals surface area contributed by atoms with E-state index in [0.717, 1.165) is 24.1 Å². The fourth-order valence-electron chi connectivity index (χ4n) is 8.51. The van der Waals surface area contributed by atoms with Gasteiger partial charge < -0.3 is 14.9 Å². The van der Waals surface area contributed by atoms with Gasteiger partial charge in [-0.15, -0.1) is 0 Å². The maximum Gasteiger partial charge on any atom is 0.104 e. The highest BCUT2D eigenvalue weighted by Gasteiger charge is 2.80. The molecule has 0 amide bonds. The van der Waals surface area contributed by atoms with Gasteiger partial charge in [0.05, 0.1) is 18.6 Å². The maximum absolute atomic E-state index is 6.68. The first kappa shape index (κ1) is 19.9. The molecule has 6 rings (SSSR count). The smallest absolute Gasteiger partial charge is 0.104 e. The van der Waals surface area contributed by atoms with Gasteiger partial charge in [-0.3, -0.25) is 0 Å². The second-order valence-corrected chi connectivity index (χ2v) is 12.6. The molecule has 4 aliphatic carbocycles. The SMILES string of the molecule is C[C@]12CC[C@H](SCCCN)CC1=CC[C@@H]1[C@@H]2CC[C@]2(C)[C@@H](c3ccoc3)C[C@H]3O[C@]132. The topological polar surface area (TPSA) is 51.7 Å². The summed E-state index contributed by atoms with van der Waals surface area (Å²) in [5, 5.41) is 0.807. The van der Waals surface area contributed by atoms with E-state index in [2.05, 4.69) is 37.8 Å². The number of allylic oxidation sites excluding steroid dienone is 2. The van der Waals surface area contributed by atoms with Crippen LogP contribution >= 0.6 is 11.8 Å². The van der Waals surface area contributed by atoms with Crippen LogP contribution in [-0.2, 0) is 4.74 Å². The third-order valence-corrected chi connectivity index (χ3v) is 11.5. The molecule has 1 aliphatic heterocycles. The molecule has 3 nitrogen and oxygen atoms in total. The van der Waals surface area contributed by atoms with Crippen molar-refractivity contribution in [2.24, 2.45) is 28.4 Å². The van der Waals surface area contributed by atoms with Crippen molar-refractivity contribution in [3.05, 3.63) is 35.8 Å². The predicted octanol–water partition coefficient (Wildman–Crippen LogP) is 5.91. The lowest BCUT2D eigenvalue weighted by Gasteiger charge is -2.58. The Hall–Kier alpha value is -0.710. The quantitative estimate of drug-likeness (QED) is 0.361. The van der Waals surface area contributed by atoms with Gasteiger partial charge in [0.15, 0.2) is 0 Å². The number of thioether (sulfide) groups is 1. The van der Waals surface area contributed by atoms with E-state index in [1.165, 1.54) is 56.3 Å². The number of ether oxygens (including phenoxy) is 1. The summed E-state index contributed by atoms with van der Waals surface area (Å²) in [5.41, 5.74) is 9.68. The molecule has 4 fully saturated rings. The van der Waals surface area contributed by atoms with Crippen LogP contribution in [0.4, 0.5) is 0 Å². The minimum atomic E-state index is 0.121. The summed E-state index contributed by atoms with van der Waals surface area (Å²) >= 11 is 2.17. The minimum Gasteiger partial charge on any atom is -0.472 e. The Kier molecular flexibility index (Phi) is 4.58. The van der Waals surface area contributed by atoms with Crippen molar-refractivity contribution in [1.82, 2.24) is 0 Å². The number of hydrogen-bond acceptors (Lipinski definition) is 4. The van der Waals surface area contributed by atoms with Crippen molar-refractivity contribution < 1.29 is 9.15 Å². The first-order valence-electron chi connectivity index (χ1n) is 12.2. The number of epoxide rings is 1. The molecular formula is C26H37NO2S. The Bertz CT molecular complexity index is 836. The lowest BCUT2D eigenvalue weighted by molar-refractivity contribution is -0.0705. The second kappa shape index (κ2) is 6.89. The standard InChI is InChI=1S/C26H37NO2S/c1-24-9-6-19(30-13-3-11-27)14-18(24)4-5-21-20(24)7-10-25(2)22(17-8-12-28-16-17)15-23-26(21,25)29-23/h4,8,12,16,19-23H,3,5-7,9-11,13-15,27H2,1-2H3/t19-,20-,21+,22+,23+,24-,25+,26+/m0/s1. The molecule has 1 saturated heterocycles. The van der Waals surface area contributed by atoms with Crippen LogP contribution in [0.2, 0.25) is 0 Å². The van der Waals surface area contributed by atoms with Crippen molar-refractivity contribution in [2.45, 2.75) is 88.1 Å². The second-order valence-electron chi connectivity index (χ2n) is 11.2. The summed E-state index contributed by atoms with van der Waals surface area (Å²) in [6.07, 6.45) is 17.3. The zero-order valence-corrected chi connectivity index (χ0v) is 19.4. The van der Waals surface area contributed by atoms with Gasteiger partial charge in [-0.25, -0.2) is 0 Å². The Balaban J connectivity index is 1.26. The molecule has 1 aromatic rings. The van der Waals surface area contributed by atoms with Crippen LogP contribution in [-0.4, -0.2) is 29.3 Å². The summed E-state index contributed by atoms with van der Waals surface area (Å²) in [5.74, 6) is 3.33. The van der Waals surface area contributed by atoms with E-state index in [1.807, 2.05) is 12.5 Å². The molecule has 2 heterocycles. The van der Waals surface area contributed by atoms with Gasteiger partial charge in [-0.1, -0.05) is 25.5 Å². The molecule has 0 unspecified atom stereocenters. The molecule has 164 valence electrons. The zero-order chi connectivity index (χ0) is 20.6. The molecule has 4 heteroatoms. The van der Waals surface area contributed by atoms with E-state index in [9.17, 15) is 0 Å². The van der Waals surface area contributed by atoms with Crippen molar-refractivity contribution in [3.8, 4) is 0 Å². The Labute approximate surface area is 185 Å². The van der Waals surface area contributed by atoms with E-state index >= 15 is 0 Å². The van der Waals surface area contributed by atoms with Gasteiger partial charge in [-0.2, -0.15) is 11.8 Å². The molecule has 5 aliphatic rings. The predicted molar refractivity (Wildman–Crippen MR) is 123 cm³/mol. The molecule has 0 bridgehead atoms. The molecule has 30 heavy (non-hydrogen) atoms. The molecule has 3 saturated carbocycles. The summed E-state index contributed by atoms with van der Waals surface area (Å²) in [7, 11) is 0. The largest absolute Gasteiger partial charge is 0.472 e. The van der Waals surface area contributed by atoms with Crippen LogP contribution in [0, 0.1) is 22.7 Å². The highest BCUT2D eigenvalue weighted by Crippen LogP contribution is 2.77. The van der Waals surface area contributed by atoms with E-state index < -0.39 is 0 Å². The Morgan fingerprint density at radius 3 is 2.90 bits per heavy atom. The lowest BCUT2D eigenvalue weighted by Crippen LogP contribution is -2.55. The number of fused-ring (bicyclic) bond motifs is 3. The fraction of sp³-hybridized carbons (Fsp3) is 0.769. The maximum atomic E-state index is 6.68. The summed E-state index contributed by atoms with van der Waals surface area (Å²) < 4.78 is 12.2. The summed E-state index contributed by atoms with van der Waals surface area (Å²) in [6, 6.07) is 2.20. The summed E-state index contributed by atoms with van der Waals surface area (Å²) in [4.78, 5) is 0. The van der Waals surface area contributed by atoms with Crippen LogP contribution in [0.1, 0.15) is 76.7 Å². The van der Waals surface area contributed by atoms with E-state index in [1.54, 1.807) is 5.57 Å². The molecule has 1 aromatic heterocycles. The first-order chi connectivity index (χ1) is 14.5. The average molecular weight is 428 g/mol. The van der Waals surface area contributed by atoms with Gasteiger partial charge in [0.1, 0.15) is 5.60 Å². The van der Waals surface area contributed by atoms with E-state index in [0.29, 0.717) is 23.4 Å². The van der Waals surface area contributed by atoms with Gasteiger partial charge in [0.25, 0.3) is 0 Å². The van der Waals surface area contributed by atoms with Gasteiger partial charge in [0, 0.05) is 10.7 Å². The Morgan fingerprint density at radius 2 is 2.10 bits per heavy atom. The van der Waals surface area contributed by atoms with Crippen LogP contribution in [0.5, 0.6) is 0 Å². The molecule has 0 radical (unpaired) electrons. The third kappa shape index (κ3) is 2.53.